The van der Waals surface area contributed by atoms with Crippen LogP contribution in [-0.4, -0.2) is 58.4 Å². The van der Waals surface area contributed by atoms with Crippen molar-refractivity contribution in [1.29, 1.82) is 0 Å². The van der Waals surface area contributed by atoms with E-state index >= 15 is 0 Å². The van der Waals surface area contributed by atoms with Crippen LogP contribution in [0.3, 0.4) is 0 Å². The summed E-state index contributed by atoms with van der Waals surface area (Å²) in [5.74, 6) is -2.48. The van der Waals surface area contributed by atoms with Gasteiger partial charge in [-0.05, 0) is 105 Å². The van der Waals surface area contributed by atoms with Crippen molar-refractivity contribution in [3.8, 4) is 0 Å². The summed E-state index contributed by atoms with van der Waals surface area (Å²) in [6.45, 7) is 6.97. The van der Waals surface area contributed by atoms with E-state index in [9.17, 15) is 28.6 Å². The maximum Gasteiger partial charge on any atom is 0.409 e. The van der Waals surface area contributed by atoms with Gasteiger partial charge in [0.2, 0.25) is 0 Å². The molecule has 3 fully saturated rings. The highest BCUT2D eigenvalue weighted by molar-refractivity contribution is 7.09. The van der Waals surface area contributed by atoms with E-state index in [1.807, 2.05) is 17.5 Å². The zero-order valence-electron chi connectivity index (χ0n) is 27.4. The first-order valence-electron chi connectivity index (χ1n) is 17.1. The number of ether oxygens (including phenoxy) is 1. The SMILES string of the molecule is CCOC(=O)N(CCc1cccs1)CC1(O)CCC2C34C=CC5(C=C3C(=O)c3ccc(F)c(F)c3)CC(O)CCC5(C)C4CCC21C. The summed E-state index contributed by atoms with van der Waals surface area (Å²) in [5, 5.41) is 25.6. The lowest BCUT2D eigenvalue weighted by molar-refractivity contribution is -0.175. The number of allylic oxidation sites excluding steroid dienone is 4. The fourth-order valence-electron chi connectivity index (χ4n) is 10.9. The van der Waals surface area contributed by atoms with E-state index in [-0.39, 0.29) is 41.7 Å². The van der Waals surface area contributed by atoms with Crippen molar-refractivity contribution in [2.24, 2.45) is 33.5 Å². The number of aliphatic hydroxyl groups is 2. The number of carbonyl (C=O) groups excluding carboxylic acids is 2. The molecule has 2 spiro atoms. The number of hydrogen-bond donors (Lipinski definition) is 2. The van der Waals surface area contributed by atoms with Crippen LogP contribution in [0.1, 0.15) is 81.0 Å². The Morgan fingerprint density at radius 2 is 1.77 bits per heavy atom. The summed E-state index contributed by atoms with van der Waals surface area (Å²) in [7, 11) is 0. The Bertz CT molecular complexity index is 1640. The molecule has 1 aromatic heterocycles. The summed E-state index contributed by atoms with van der Waals surface area (Å²) in [6.07, 6.45) is 10.7. The van der Waals surface area contributed by atoms with Crippen molar-refractivity contribution >= 4 is 23.2 Å². The zero-order valence-corrected chi connectivity index (χ0v) is 28.3. The first kappa shape index (κ1) is 32.7. The van der Waals surface area contributed by atoms with Gasteiger partial charge < -0.3 is 19.8 Å². The molecule has 0 saturated heterocycles. The second kappa shape index (κ2) is 11.3. The quantitative estimate of drug-likeness (QED) is 0.225. The van der Waals surface area contributed by atoms with E-state index in [0.29, 0.717) is 44.2 Å². The highest BCUT2D eigenvalue weighted by Crippen LogP contribution is 2.78. The molecular weight excluding hydrogens is 620 g/mol. The van der Waals surface area contributed by atoms with Gasteiger partial charge in [0.1, 0.15) is 0 Å². The highest BCUT2D eigenvalue weighted by Gasteiger charge is 2.74. The summed E-state index contributed by atoms with van der Waals surface area (Å²) < 4.78 is 34.0. The summed E-state index contributed by atoms with van der Waals surface area (Å²) in [5.41, 5.74) is -2.73. The zero-order chi connectivity index (χ0) is 33.4. The lowest BCUT2D eigenvalue weighted by atomic mass is 9.32. The Kier molecular flexibility index (Phi) is 7.88. The van der Waals surface area contributed by atoms with Crippen molar-refractivity contribution in [2.75, 3.05) is 19.7 Å². The first-order valence-corrected chi connectivity index (χ1v) is 18.0. The molecule has 3 saturated carbocycles. The van der Waals surface area contributed by atoms with Gasteiger partial charge in [0.15, 0.2) is 17.4 Å². The lowest BCUT2D eigenvalue weighted by Gasteiger charge is -2.71. The Morgan fingerprint density at radius 1 is 1.02 bits per heavy atom. The Hall–Kier alpha value is -2.88. The fraction of sp³-hybridized carbons (Fsp3) is 0.579. The lowest BCUT2D eigenvalue weighted by Crippen LogP contribution is -2.67. The average Bonchev–Trinajstić information content (AvgIpc) is 3.66. The predicted molar refractivity (Wildman–Crippen MR) is 176 cm³/mol. The topological polar surface area (TPSA) is 87.1 Å². The molecule has 1 aromatic carbocycles. The molecule has 2 bridgehead atoms. The van der Waals surface area contributed by atoms with E-state index < -0.39 is 45.7 Å². The highest BCUT2D eigenvalue weighted by atomic mass is 32.1. The maximum absolute atomic E-state index is 14.6. The molecule has 6 aliphatic rings. The molecule has 1 amide bonds. The minimum absolute atomic E-state index is 0.0576. The number of Topliss-reactive ketones (excluding diaryl/α,β-unsaturated/α-hetero) is 1. The van der Waals surface area contributed by atoms with E-state index in [1.165, 1.54) is 6.07 Å². The third-order valence-electron chi connectivity index (χ3n) is 13.3. The van der Waals surface area contributed by atoms with Crippen LogP contribution in [0, 0.1) is 45.1 Å². The maximum atomic E-state index is 14.6. The van der Waals surface area contributed by atoms with Gasteiger partial charge in [-0.25, -0.2) is 13.6 Å². The number of nitrogens with zero attached hydrogens (tertiary/aromatic N) is 1. The summed E-state index contributed by atoms with van der Waals surface area (Å²) in [6, 6.07) is 7.36. The molecule has 252 valence electrons. The largest absolute Gasteiger partial charge is 0.450 e. The van der Waals surface area contributed by atoms with Gasteiger partial charge in [0, 0.05) is 38.8 Å². The minimum Gasteiger partial charge on any atom is -0.450 e. The molecule has 9 heteroatoms. The Labute approximate surface area is 279 Å². The summed E-state index contributed by atoms with van der Waals surface area (Å²) >= 11 is 1.63. The van der Waals surface area contributed by atoms with Gasteiger partial charge >= 0.3 is 6.09 Å². The number of fused-ring (bicyclic) bond motifs is 1. The van der Waals surface area contributed by atoms with Gasteiger partial charge in [0.05, 0.1) is 24.9 Å². The number of aliphatic hydroxyl groups excluding tert-OH is 1. The van der Waals surface area contributed by atoms with Gasteiger partial charge in [-0.15, -0.1) is 11.3 Å². The molecule has 8 unspecified atom stereocenters. The molecule has 6 aliphatic carbocycles. The van der Waals surface area contributed by atoms with E-state index in [4.69, 9.17) is 4.74 Å². The van der Waals surface area contributed by atoms with Crippen LogP contribution in [0.2, 0.25) is 0 Å². The molecule has 6 nitrogen and oxygen atoms in total. The molecule has 8 rings (SSSR count). The predicted octanol–water partition coefficient (Wildman–Crippen LogP) is 7.50. The molecule has 0 radical (unpaired) electrons. The molecule has 47 heavy (non-hydrogen) atoms. The normalized spacial score (nSPS) is 38.3. The van der Waals surface area contributed by atoms with Crippen LogP contribution < -0.4 is 0 Å². The molecular formula is C38H45F2NO5S. The fourth-order valence-corrected chi connectivity index (χ4v) is 11.6. The van der Waals surface area contributed by atoms with Gasteiger partial charge in [-0.3, -0.25) is 4.79 Å². The molecule has 0 aliphatic heterocycles. The second-order valence-corrected chi connectivity index (χ2v) is 16.3. The van der Waals surface area contributed by atoms with Crippen molar-refractivity contribution in [3.63, 3.8) is 0 Å². The van der Waals surface area contributed by atoms with Crippen molar-refractivity contribution < 1.29 is 33.3 Å². The number of rotatable bonds is 8. The smallest absolute Gasteiger partial charge is 0.409 e. The van der Waals surface area contributed by atoms with Crippen LogP contribution in [-0.2, 0) is 11.2 Å². The third-order valence-corrected chi connectivity index (χ3v) is 14.3. The molecule has 2 N–H and O–H groups in total. The van der Waals surface area contributed by atoms with Gasteiger partial charge in [0.25, 0.3) is 0 Å². The Morgan fingerprint density at radius 3 is 2.49 bits per heavy atom. The number of benzene rings is 1. The number of carbonyl (C=O) groups is 2. The molecule has 8 atom stereocenters. The molecule has 2 aromatic rings. The first-order chi connectivity index (χ1) is 22.3. The van der Waals surface area contributed by atoms with E-state index in [1.54, 1.807) is 23.2 Å². The third kappa shape index (κ3) is 4.66. The average molecular weight is 666 g/mol. The number of amides is 1. The van der Waals surface area contributed by atoms with Crippen LogP contribution in [0.15, 0.2) is 59.5 Å². The van der Waals surface area contributed by atoms with Crippen molar-refractivity contribution in [2.45, 2.75) is 83.8 Å². The standard InChI is InChI=1S/C38H45F2NO5S/c1-4-46-33(44)41(18-12-26-6-5-19-47-26)23-37(45)15-11-31-35(37,3)14-10-30-34(2)13-9-25(42)21-36(34)16-17-38(30,31)27(22-36)32(43)24-7-8-28(39)29(40)20-24/h5-8,16-17,19-20,22,25,30-31,42,45H,4,9-15,18,21,23H2,1-3H3. The van der Waals surface area contributed by atoms with Crippen molar-refractivity contribution in [1.82, 2.24) is 4.90 Å². The van der Waals surface area contributed by atoms with E-state index in [0.717, 1.165) is 36.3 Å². The second-order valence-electron chi connectivity index (χ2n) is 15.2. The number of thiophene rings is 1. The van der Waals surface area contributed by atoms with E-state index in [2.05, 4.69) is 32.1 Å². The molecule has 1 heterocycles. The van der Waals surface area contributed by atoms with Crippen molar-refractivity contribution in [3.05, 3.63) is 81.6 Å². The van der Waals surface area contributed by atoms with Gasteiger partial charge in [-0.1, -0.05) is 38.1 Å². The minimum atomic E-state index is -1.24. The monoisotopic (exact) mass is 665 g/mol. The number of hydrogen-bond acceptors (Lipinski definition) is 6. The van der Waals surface area contributed by atoms with Gasteiger partial charge in [-0.2, -0.15) is 0 Å². The number of halogens is 2. The van der Waals surface area contributed by atoms with Crippen LogP contribution >= 0.6 is 11.3 Å². The number of ketones is 1. The van der Waals surface area contributed by atoms with Crippen LogP contribution in [0.5, 0.6) is 0 Å². The van der Waals surface area contributed by atoms with Crippen LogP contribution in [0.25, 0.3) is 0 Å². The summed E-state index contributed by atoms with van der Waals surface area (Å²) in [4.78, 5) is 30.6. The van der Waals surface area contributed by atoms with Crippen LogP contribution in [0.4, 0.5) is 13.6 Å². The Balaban J connectivity index is 1.30.